The molecule has 24 heavy (non-hydrogen) atoms. The average molecular weight is 337 g/mol. The van der Waals surface area contributed by atoms with Crippen LogP contribution < -0.4 is 0 Å². The molecule has 1 aliphatic heterocycles. The predicted octanol–water partition coefficient (Wildman–Crippen LogP) is -0.140. The normalized spacial score (nSPS) is 23.8. The molecule has 1 aliphatic carbocycles. The molecule has 2 heterocycles. The number of aryl methyl sites for hydroxylation is 1. The summed E-state index contributed by atoms with van der Waals surface area (Å²) in [6.07, 6.45) is 1.75. The van der Waals surface area contributed by atoms with Gasteiger partial charge in [-0.1, -0.05) is 5.21 Å². The summed E-state index contributed by atoms with van der Waals surface area (Å²) in [5.41, 5.74) is 1.80. The van der Waals surface area contributed by atoms with Crippen LogP contribution in [-0.2, 0) is 29.2 Å². The number of carbonyl (C=O) groups is 1. The van der Waals surface area contributed by atoms with Gasteiger partial charge in [0.25, 0.3) is 0 Å². The maximum absolute atomic E-state index is 12.6. The van der Waals surface area contributed by atoms with Crippen LogP contribution in [0.4, 0.5) is 0 Å². The minimum absolute atomic E-state index is 0.0257. The summed E-state index contributed by atoms with van der Waals surface area (Å²) < 4.78 is 7.59. The molecule has 0 atom stereocenters. The second-order valence-corrected chi connectivity index (χ2v) is 7.00. The zero-order valence-corrected chi connectivity index (χ0v) is 14.5. The van der Waals surface area contributed by atoms with E-state index in [9.17, 15) is 9.90 Å². The van der Waals surface area contributed by atoms with Crippen molar-refractivity contribution >= 4 is 5.91 Å². The van der Waals surface area contributed by atoms with Gasteiger partial charge in [0.1, 0.15) is 5.69 Å². The van der Waals surface area contributed by atoms with Crippen LogP contribution in [0.2, 0.25) is 0 Å². The van der Waals surface area contributed by atoms with Crippen LogP contribution in [0, 0.1) is 5.92 Å². The summed E-state index contributed by atoms with van der Waals surface area (Å²) in [5.74, 6) is 0.122. The fraction of sp³-hybridized carbons (Fsp3) is 0.812. The fourth-order valence-corrected chi connectivity index (χ4v) is 3.16. The van der Waals surface area contributed by atoms with Crippen LogP contribution in [-0.4, -0.2) is 75.7 Å². The Morgan fingerprint density at radius 2 is 2.17 bits per heavy atom. The van der Waals surface area contributed by atoms with E-state index in [2.05, 4.69) is 15.2 Å². The molecule has 1 aromatic rings. The van der Waals surface area contributed by atoms with Gasteiger partial charge >= 0.3 is 0 Å². The highest BCUT2D eigenvalue weighted by Gasteiger charge is 2.36. The first-order valence-corrected chi connectivity index (χ1v) is 8.65. The van der Waals surface area contributed by atoms with Gasteiger partial charge in [0.2, 0.25) is 5.91 Å². The second kappa shape index (κ2) is 7.58. The van der Waals surface area contributed by atoms with Crippen LogP contribution in [0.15, 0.2) is 0 Å². The predicted molar refractivity (Wildman–Crippen MR) is 87.0 cm³/mol. The third-order valence-corrected chi connectivity index (χ3v) is 4.75. The van der Waals surface area contributed by atoms with Gasteiger partial charge in [-0.25, -0.2) is 4.68 Å². The first-order valence-electron chi connectivity index (χ1n) is 8.65. The molecule has 0 bridgehead atoms. The van der Waals surface area contributed by atoms with E-state index in [1.165, 1.54) is 0 Å². The Balaban J connectivity index is 1.61. The van der Waals surface area contributed by atoms with Gasteiger partial charge in [-0.2, -0.15) is 0 Å². The molecule has 1 fully saturated rings. The van der Waals surface area contributed by atoms with Crippen molar-refractivity contribution in [3.05, 3.63) is 11.4 Å². The number of carbonyl (C=O) groups excluding carboxylic acids is 1. The van der Waals surface area contributed by atoms with E-state index in [-0.39, 0.29) is 17.9 Å². The minimum atomic E-state index is -0.307. The Morgan fingerprint density at radius 3 is 2.88 bits per heavy atom. The Morgan fingerprint density at radius 1 is 1.38 bits per heavy atom. The summed E-state index contributed by atoms with van der Waals surface area (Å²) >= 11 is 0. The van der Waals surface area contributed by atoms with E-state index in [1.54, 1.807) is 0 Å². The number of amides is 1. The highest BCUT2D eigenvalue weighted by molar-refractivity contribution is 5.79. The monoisotopic (exact) mass is 337 g/mol. The van der Waals surface area contributed by atoms with Gasteiger partial charge in [-0.3, -0.25) is 4.79 Å². The molecular formula is C16H27N5O3. The Hall–Kier alpha value is -1.51. The van der Waals surface area contributed by atoms with E-state index in [0.29, 0.717) is 32.6 Å². The molecule has 134 valence electrons. The summed E-state index contributed by atoms with van der Waals surface area (Å²) in [6, 6.07) is 0. The van der Waals surface area contributed by atoms with E-state index >= 15 is 0 Å². The average Bonchev–Trinajstić information content (AvgIpc) is 2.76. The van der Waals surface area contributed by atoms with Gasteiger partial charge < -0.3 is 19.6 Å². The zero-order chi connectivity index (χ0) is 17.1. The molecule has 1 saturated carbocycles. The van der Waals surface area contributed by atoms with Gasteiger partial charge in [0.05, 0.1) is 31.6 Å². The van der Waals surface area contributed by atoms with Crippen molar-refractivity contribution in [3.8, 4) is 0 Å². The molecule has 0 aromatic carbocycles. The molecule has 0 saturated heterocycles. The largest absolute Gasteiger partial charge is 0.393 e. The Labute approximate surface area is 142 Å². The summed E-state index contributed by atoms with van der Waals surface area (Å²) in [4.78, 5) is 16.5. The Kier molecular flexibility index (Phi) is 5.47. The topological polar surface area (TPSA) is 83.7 Å². The van der Waals surface area contributed by atoms with Crippen molar-refractivity contribution < 1.29 is 14.6 Å². The van der Waals surface area contributed by atoms with E-state index < -0.39 is 0 Å². The van der Waals surface area contributed by atoms with Crippen LogP contribution in [0.1, 0.15) is 30.7 Å². The SMILES string of the molecule is CN(C)CCOCc1nnn2c1CN(C(=O)C1CC(O)C1)CCC2. The molecular weight excluding hydrogens is 310 g/mol. The highest BCUT2D eigenvalue weighted by Crippen LogP contribution is 2.30. The third kappa shape index (κ3) is 3.93. The van der Waals surface area contributed by atoms with Crippen molar-refractivity contribution in [2.45, 2.75) is 45.1 Å². The lowest BCUT2D eigenvalue weighted by Crippen LogP contribution is -2.43. The number of ether oxygens (including phenoxy) is 1. The molecule has 1 amide bonds. The summed E-state index contributed by atoms with van der Waals surface area (Å²) in [6.45, 7) is 3.96. The van der Waals surface area contributed by atoms with Gasteiger partial charge in [-0.15, -0.1) is 5.10 Å². The molecule has 3 rings (SSSR count). The van der Waals surface area contributed by atoms with Crippen LogP contribution in [0.25, 0.3) is 0 Å². The molecule has 0 unspecified atom stereocenters. The number of nitrogens with zero attached hydrogens (tertiary/aromatic N) is 5. The van der Waals surface area contributed by atoms with Crippen molar-refractivity contribution in [2.24, 2.45) is 5.92 Å². The number of aromatic nitrogens is 3. The smallest absolute Gasteiger partial charge is 0.226 e. The number of rotatable bonds is 6. The lowest BCUT2D eigenvalue weighted by molar-refractivity contribution is -0.143. The lowest BCUT2D eigenvalue weighted by Gasteiger charge is -2.34. The standard InChI is InChI=1S/C16H27N5O3/c1-19(2)6-7-24-11-14-15-10-20(4-3-5-21(15)18-17-14)16(23)12-8-13(22)9-12/h12-13,22H,3-11H2,1-2H3. The number of likely N-dealkylation sites (N-methyl/N-ethyl adjacent to an activating group) is 1. The first-order chi connectivity index (χ1) is 11.5. The zero-order valence-electron chi connectivity index (χ0n) is 14.5. The maximum Gasteiger partial charge on any atom is 0.226 e. The third-order valence-electron chi connectivity index (χ3n) is 4.75. The van der Waals surface area contributed by atoms with Gasteiger partial charge in [-0.05, 0) is 33.4 Å². The number of aliphatic hydroxyl groups is 1. The van der Waals surface area contributed by atoms with E-state index in [1.807, 2.05) is 23.7 Å². The Bertz CT molecular complexity index is 568. The molecule has 1 aromatic heterocycles. The molecule has 8 nitrogen and oxygen atoms in total. The second-order valence-electron chi connectivity index (χ2n) is 7.00. The lowest BCUT2D eigenvalue weighted by atomic mass is 9.81. The van der Waals surface area contributed by atoms with Gasteiger partial charge in [0, 0.05) is 25.6 Å². The number of aliphatic hydroxyl groups excluding tert-OH is 1. The summed E-state index contributed by atoms with van der Waals surface area (Å²) in [7, 11) is 4.02. The van der Waals surface area contributed by atoms with Crippen molar-refractivity contribution in [2.75, 3.05) is 33.8 Å². The first kappa shape index (κ1) is 17.3. The number of hydrogen-bond acceptors (Lipinski definition) is 6. The quantitative estimate of drug-likeness (QED) is 0.728. The summed E-state index contributed by atoms with van der Waals surface area (Å²) in [5, 5.41) is 17.9. The van der Waals surface area contributed by atoms with Crippen molar-refractivity contribution in [1.82, 2.24) is 24.8 Å². The number of fused-ring (bicyclic) bond motifs is 1. The van der Waals surface area contributed by atoms with Crippen molar-refractivity contribution in [1.29, 1.82) is 0 Å². The van der Waals surface area contributed by atoms with E-state index in [0.717, 1.165) is 37.4 Å². The maximum atomic E-state index is 12.6. The van der Waals surface area contributed by atoms with Crippen molar-refractivity contribution in [3.63, 3.8) is 0 Å². The number of hydrogen-bond donors (Lipinski definition) is 1. The molecule has 8 heteroatoms. The van der Waals surface area contributed by atoms with Crippen LogP contribution >= 0.6 is 0 Å². The molecule has 1 N–H and O–H groups in total. The molecule has 0 spiro atoms. The molecule has 2 aliphatic rings. The fourth-order valence-electron chi connectivity index (χ4n) is 3.16. The van der Waals surface area contributed by atoms with E-state index in [4.69, 9.17) is 4.74 Å². The highest BCUT2D eigenvalue weighted by atomic mass is 16.5. The minimum Gasteiger partial charge on any atom is -0.393 e. The van der Waals surface area contributed by atoms with Crippen LogP contribution in [0.3, 0.4) is 0 Å². The van der Waals surface area contributed by atoms with Gasteiger partial charge in [0.15, 0.2) is 0 Å². The molecule has 0 radical (unpaired) electrons. The van der Waals surface area contributed by atoms with Crippen LogP contribution in [0.5, 0.6) is 0 Å².